The van der Waals surface area contributed by atoms with Crippen molar-refractivity contribution in [2.45, 2.75) is 25.5 Å². The molecule has 2 heterocycles. The highest BCUT2D eigenvalue weighted by Gasteiger charge is 2.40. The third-order valence-electron chi connectivity index (χ3n) is 3.77. The number of carbonyl (C=O) groups is 3. The molecule has 0 bridgehead atoms. The molecule has 1 aromatic rings. The van der Waals surface area contributed by atoms with Gasteiger partial charge in [-0.25, -0.2) is 4.79 Å². The average molecular weight is 294 g/mol. The minimum atomic E-state index is -1.05. The van der Waals surface area contributed by atoms with E-state index in [2.05, 4.69) is 0 Å². The van der Waals surface area contributed by atoms with Gasteiger partial charge in [0.1, 0.15) is 11.7 Å². The summed E-state index contributed by atoms with van der Waals surface area (Å²) in [6.45, 7) is 1.65. The number of aromatic nitrogens is 1. The summed E-state index contributed by atoms with van der Waals surface area (Å²) < 4.78 is 6.70. The summed E-state index contributed by atoms with van der Waals surface area (Å²) in [7, 11) is 3.15. The molecule has 0 aromatic carbocycles. The predicted molar refractivity (Wildman–Crippen MR) is 73.3 cm³/mol. The largest absolute Gasteiger partial charge is 0.480 e. The van der Waals surface area contributed by atoms with Crippen molar-refractivity contribution in [1.82, 2.24) is 9.47 Å². The van der Waals surface area contributed by atoms with Gasteiger partial charge in [0.15, 0.2) is 5.78 Å². The molecule has 7 nitrogen and oxygen atoms in total. The van der Waals surface area contributed by atoms with Gasteiger partial charge in [-0.1, -0.05) is 0 Å². The monoisotopic (exact) mass is 294 g/mol. The van der Waals surface area contributed by atoms with Crippen molar-refractivity contribution in [3.05, 3.63) is 23.5 Å². The Labute approximate surface area is 122 Å². The van der Waals surface area contributed by atoms with Crippen molar-refractivity contribution in [3.63, 3.8) is 0 Å². The molecule has 0 radical (unpaired) electrons. The molecular formula is C14H18N2O5. The summed E-state index contributed by atoms with van der Waals surface area (Å²) in [5.74, 6) is -1.60. The van der Waals surface area contributed by atoms with E-state index in [0.29, 0.717) is 11.3 Å². The van der Waals surface area contributed by atoms with E-state index in [1.807, 2.05) is 0 Å². The number of carboxylic acids is 1. The van der Waals surface area contributed by atoms with Gasteiger partial charge in [0.05, 0.1) is 6.10 Å². The Kier molecular flexibility index (Phi) is 4.13. The first-order valence-corrected chi connectivity index (χ1v) is 6.59. The standard InChI is InChI=1S/C14H18N2O5/c1-8(17)9-4-11(15(2)6-9)13(18)16-7-10(21-3)5-12(16)14(19)20/h4,6,10,12H,5,7H2,1-3H3,(H,19,20). The second-order valence-electron chi connectivity index (χ2n) is 5.19. The highest BCUT2D eigenvalue weighted by Crippen LogP contribution is 2.23. The lowest BCUT2D eigenvalue weighted by atomic mass is 10.2. The van der Waals surface area contributed by atoms with Crippen molar-refractivity contribution in [2.24, 2.45) is 7.05 Å². The lowest BCUT2D eigenvalue weighted by Gasteiger charge is -2.21. The molecule has 1 amide bonds. The first-order valence-electron chi connectivity index (χ1n) is 6.59. The molecule has 2 atom stereocenters. The van der Waals surface area contributed by atoms with Crippen LogP contribution in [-0.4, -0.2) is 58.0 Å². The first-order chi connectivity index (χ1) is 9.85. The summed E-state index contributed by atoms with van der Waals surface area (Å²) in [6.07, 6.45) is 1.54. The van der Waals surface area contributed by atoms with E-state index in [4.69, 9.17) is 4.74 Å². The summed E-state index contributed by atoms with van der Waals surface area (Å²) in [5.41, 5.74) is 0.721. The number of methoxy groups -OCH3 is 1. The van der Waals surface area contributed by atoms with Gasteiger partial charge in [0.2, 0.25) is 0 Å². The fourth-order valence-electron chi connectivity index (χ4n) is 2.54. The number of hydrogen-bond donors (Lipinski definition) is 1. The Morgan fingerprint density at radius 1 is 1.38 bits per heavy atom. The molecule has 1 aliphatic rings. The molecule has 0 spiro atoms. The summed E-state index contributed by atoms with van der Waals surface area (Å²) >= 11 is 0. The van der Waals surface area contributed by atoms with Gasteiger partial charge in [0.25, 0.3) is 5.91 Å². The van der Waals surface area contributed by atoms with Crippen molar-refractivity contribution >= 4 is 17.7 Å². The van der Waals surface area contributed by atoms with Gasteiger partial charge in [0, 0.05) is 38.9 Å². The molecule has 1 fully saturated rings. The van der Waals surface area contributed by atoms with Crippen LogP contribution in [0.2, 0.25) is 0 Å². The number of Topliss-reactive ketones (excluding diaryl/α,β-unsaturated/α-hetero) is 1. The smallest absolute Gasteiger partial charge is 0.326 e. The fraction of sp³-hybridized carbons (Fsp3) is 0.500. The second-order valence-corrected chi connectivity index (χ2v) is 5.19. The molecule has 21 heavy (non-hydrogen) atoms. The van der Waals surface area contributed by atoms with Crippen LogP contribution in [0.3, 0.4) is 0 Å². The van der Waals surface area contributed by atoms with Crippen LogP contribution in [-0.2, 0) is 16.6 Å². The first kappa shape index (κ1) is 15.2. The molecule has 0 saturated carbocycles. The maximum atomic E-state index is 12.6. The van der Waals surface area contributed by atoms with Gasteiger partial charge in [-0.15, -0.1) is 0 Å². The van der Waals surface area contributed by atoms with Crippen LogP contribution in [0.25, 0.3) is 0 Å². The molecule has 0 aliphatic carbocycles. The van der Waals surface area contributed by atoms with Crippen molar-refractivity contribution < 1.29 is 24.2 Å². The van der Waals surface area contributed by atoms with Gasteiger partial charge in [-0.2, -0.15) is 0 Å². The number of aliphatic carboxylic acids is 1. The van der Waals surface area contributed by atoms with Crippen LogP contribution >= 0.6 is 0 Å². The number of ketones is 1. The number of aryl methyl sites for hydroxylation is 1. The van der Waals surface area contributed by atoms with E-state index in [0.717, 1.165) is 0 Å². The molecule has 1 aliphatic heterocycles. The normalized spacial score (nSPS) is 21.6. The Bertz CT molecular complexity index is 592. The molecule has 2 rings (SSSR count). The number of hydrogen-bond acceptors (Lipinski definition) is 4. The molecule has 2 unspecified atom stereocenters. The Morgan fingerprint density at radius 2 is 2.05 bits per heavy atom. The topological polar surface area (TPSA) is 88.8 Å². The number of rotatable bonds is 4. The van der Waals surface area contributed by atoms with Crippen LogP contribution in [0, 0.1) is 0 Å². The highest BCUT2D eigenvalue weighted by molar-refractivity contribution is 6.00. The van der Waals surface area contributed by atoms with Crippen LogP contribution in [0.15, 0.2) is 12.3 Å². The maximum absolute atomic E-state index is 12.6. The van der Waals surface area contributed by atoms with Gasteiger partial charge in [-0.3, -0.25) is 9.59 Å². The number of nitrogens with zero attached hydrogens (tertiary/aromatic N) is 2. The number of ether oxygens (including phenoxy) is 1. The Hall–Kier alpha value is -2.15. The average Bonchev–Trinajstić information content (AvgIpc) is 3.01. The lowest BCUT2D eigenvalue weighted by Crippen LogP contribution is -2.41. The van der Waals surface area contributed by atoms with Crippen LogP contribution in [0.1, 0.15) is 34.2 Å². The van der Waals surface area contributed by atoms with Gasteiger partial charge in [-0.05, 0) is 13.0 Å². The van der Waals surface area contributed by atoms with Crippen molar-refractivity contribution in [2.75, 3.05) is 13.7 Å². The number of amides is 1. The Balaban J connectivity index is 2.30. The van der Waals surface area contributed by atoms with Crippen molar-refractivity contribution in [3.8, 4) is 0 Å². The van der Waals surface area contributed by atoms with Gasteiger partial charge >= 0.3 is 5.97 Å². The van der Waals surface area contributed by atoms with Gasteiger partial charge < -0.3 is 19.3 Å². The minimum Gasteiger partial charge on any atom is -0.480 e. The third-order valence-corrected chi connectivity index (χ3v) is 3.77. The number of carbonyl (C=O) groups excluding carboxylic acids is 2. The molecular weight excluding hydrogens is 276 g/mol. The minimum absolute atomic E-state index is 0.143. The number of likely N-dealkylation sites (tertiary alicyclic amines) is 1. The maximum Gasteiger partial charge on any atom is 0.326 e. The summed E-state index contributed by atoms with van der Waals surface area (Å²) in [4.78, 5) is 36.5. The fourth-order valence-corrected chi connectivity index (χ4v) is 2.54. The zero-order valence-corrected chi connectivity index (χ0v) is 12.2. The van der Waals surface area contributed by atoms with E-state index in [9.17, 15) is 19.5 Å². The zero-order valence-electron chi connectivity index (χ0n) is 12.2. The van der Waals surface area contributed by atoms with Crippen molar-refractivity contribution in [1.29, 1.82) is 0 Å². The number of carboxylic acid groups (broad SMARTS) is 1. The van der Waals surface area contributed by atoms with E-state index in [1.165, 1.54) is 29.6 Å². The van der Waals surface area contributed by atoms with Crippen LogP contribution < -0.4 is 0 Å². The third kappa shape index (κ3) is 2.82. The lowest BCUT2D eigenvalue weighted by molar-refractivity contribution is -0.141. The zero-order chi connectivity index (χ0) is 15.7. The Morgan fingerprint density at radius 3 is 2.52 bits per heavy atom. The second kappa shape index (κ2) is 5.69. The highest BCUT2D eigenvalue weighted by atomic mass is 16.5. The molecule has 7 heteroatoms. The van der Waals surface area contributed by atoms with E-state index in [-0.39, 0.29) is 24.9 Å². The molecule has 1 saturated heterocycles. The van der Waals surface area contributed by atoms with Crippen LogP contribution in [0.4, 0.5) is 0 Å². The summed E-state index contributed by atoms with van der Waals surface area (Å²) in [6, 6.07) is 0.585. The molecule has 1 N–H and O–H groups in total. The molecule has 1 aromatic heterocycles. The SMILES string of the molecule is COC1CC(C(=O)O)N(C(=O)c2cc(C(C)=O)cn2C)C1. The predicted octanol–water partition coefficient (Wildman–Crippen LogP) is 0.542. The molecule has 114 valence electrons. The quantitative estimate of drug-likeness (QED) is 0.819. The van der Waals surface area contributed by atoms with E-state index >= 15 is 0 Å². The van der Waals surface area contributed by atoms with E-state index < -0.39 is 17.9 Å². The van der Waals surface area contributed by atoms with Crippen LogP contribution in [0.5, 0.6) is 0 Å². The summed E-state index contributed by atoms with van der Waals surface area (Å²) in [5, 5.41) is 9.25. The van der Waals surface area contributed by atoms with E-state index in [1.54, 1.807) is 13.2 Å².